The number of aromatic nitrogens is 3. The Bertz CT molecular complexity index is 1560. The van der Waals surface area contributed by atoms with Crippen LogP contribution in [0.2, 0.25) is 0 Å². The molecule has 0 unspecified atom stereocenters. The number of hydrogen-bond donors (Lipinski definition) is 1. The van der Waals surface area contributed by atoms with Crippen LogP contribution in [-0.4, -0.2) is 42.3 Å². The second kappa shape index (κ2) is 13.7. The van der Waals surface area contributed by atoms with E-state index in [2.05, 4.69) is 20.1 Å². The van der Waals surface area contributed by atoms with Gasteiger partial charge in [0.2, 0.25) is 9.84 Å². The number of fused-ring (bicyclic) bond motifs is 1. The van der Waals surface area contributed by atoms with Gasteiger partial charge in [0.25, 0.3) is 11.8 Å². The highest BCUT2D eigenvalue weighted by Crippen LogP contribution is 2.30. The number of nitrogens with one attached hydrogen (secondary N) is 1. The predicted molar refractivity (Wildman–Crippen MR) is 147 cm³/mol. The van der Waals surface area contributed by atoms with Crippen LogP contribution < -0.4 is 5.32 Å². The highest BCUT2D eigenvalue weighted by Gasteiger charge is 2.27. The Kier molecular flexibility index (Phi) is 11.0. The summed E-state index contributed by atoms with van der Waals surface area (Å²) in [5, 5.41) is 7.06. The Morgan fingerprint density at radius 3 is 2.23 bits per heavy atom. The average molecular weight is 575 g/mol. The molecule has 1 amide bonds. The smallest absolute Gasteiger partial charge is 0.436 e. The van der Waals surface area contributed by atoms with Crippen LogP contribution in [-0.2, 0) is 27.0 Å². The van der Waals surface area contributed by atoms with Gasteiger partial charge in [-0.3, -0.25) is 4.79 Å². The van der Waals surface area contributed by atoms with Crippen LogP contribution in [0.1, 0.15) is 56.1 Å². The van der Waals surface area contributed by atoms with Gasteiger partial charge in [-0.25, -0.2) is 27.0 Å². The zero-order valence-corrected chi connectivity index (χ0v) is 23.9. The zero-order chi connectivity index (χ0) is 30.1. The van der Waals surface area contributed by atoms with Gasteiger partial charge in [0.15, 0.2) is 5.65 Å². The van der Waals surface area contributed by atoms with Gasteiger partial charge < -0.3 is 10.1 Å². The monoisotopic (exact) mass is 574 g/mol. The second-order valence-electron chi connectivity index (χ2n) is 7.91. The standard InChI is InChI=1S/C24H20F2N4O5S.2C2H6/c1-24(25,26)18-4-3-5-20(11-18)36(33,34)19-8-6-15(7-9-19)12-28-22(31)17-10-16-14-29-30(23(32)35-2)21(16)27-13-17;2*1-2/h3-11,13-14H,12H2,1-2H3,(H,28,31);2*1-2H3. The maximum Gasteiger partial charge on any atom is 0.436 e. The van der Waals surface area contributed by atoms with Gasteiger partial charge in [0.05, 0.1) is 28.7 Å². The first kappa shape index (κ1) is 32.0. The van der Waals surface area contributed by atoms with Gasteiger partial charge in [-0.15, -0.1) is 4.68 Å². The second-order valence-corrected chi connectivity index (χ2v) is 9.86. The third-order valence-electron chi connectivity index (χ3n) is 5.36. The van der Waals surface area contributed by atoms with Gasteiger partial charge in [0.1, 0.15) is 0 Å². The van der Waals surface area contributed by atoms with Crippen molar-refractivity contribution in [1.29, 1.82) is 0 Å². The Morgan fingerprint density at radius 1 is 0.975 bits per heavy atom. The molecule has 40 heavy (non-hydrogen) atoms. The third-order valence-corrected chi connectivity index (χ3v) is 7.12. The number of carbonyl (C=O) groups excluding carboxylic acids is 2. The molecule has 0 aliphatic heterocycles. The highest BCUT2D eigenvalue weighted by molar-refractivity contribution is 7.91. The quantitative estimate of drug-likeness (QED) is 0.301. The number of ether oxygens (including phenoxy) is 1. The number of benzene rings is 2. The maximum atomic E-state index is 13.6. The molecule has 2 heterocycles. The van der Waals surface area contributed by atoms with Crippen molar-refractivity contribution < 1.29 is 31.5 Å². The van der Waals surface area contributed by atoms with Crippen molar-refractivity contribution in [2.45, 2.75) is 56.9 Å². The molecule has 0 aliphatic rings. The van der Waals surface area contributed by atoms with Gasteiger partial charge in [0, 0.05) is 30.6 Å². The van der Waals surface area contributed by atoms with Crippen molar-refractivity contribution >= 4 is 32.9 Å². The zero-order valence-electron chi connectivity index (χ0n) is 23.1. The van der Waals surface area contributed by atoms with Crippen molar-refractivity contribution in [3.8, 4) is 0 Å². The normalized spacial score (nSPS) is 11.0. The number of carbonyl (C=O) groups is 2. The molecule has 0 radical (unpaired) electrons. The minimum atomic E-state index is -4.01. The van der Waals surface area contributed by atoms with Crippen LogP contribution in [0.5, 0.6) is 0 Å². The molecule has 12 heteroatoms. The van der Waals surface area contributed by atoms with Crippen LogP contribution in [0.15, 0.2) is 76.8 Å². The fourth-order valence-electron chi connectivity index (χ4n) is 3.41. The average Bonchev–Trinajstić information content (AvgIpc) is 3.41. The maximum absolute atomic E-state index is 13.6. The van der Waals surface area contributed by atoms with E-state index in [1.54, 1.807) is 0 Å². The summed E-state index contributed by atoms with van der Waals surface area (Å²) < 4.78 is 58.6. The lowest BCUT2D eigenvalue weighted by Gasteiger charge is -2.12. The van der Waals surface area contributed by atoms with E-state index >= 15 is 0 Å². The molecule has 4 rings (SSSR count). The topological polar surface area (TPSA) is 120 Å². The number of sulfone groups is 1. The van der Waals surface area contributed by atoms with E-state index < -0.39 is 33.3 Å². The van der Waals surface area contributed by atoms with Crippen LogP contribution in [0, 0.1) is 0 Å². The van der Waals surface area contributed by atoms with Gasteiger partial charge in [-0.1, -0.05) is 52.0 Å². The Labute approximate surface area is 232 Å². The molecule has 0 atom stereocenters. The van der Waals surface area contributed by atoms with E-state index in [1.165, 1.54) is 68.0 Å². The molecule has 1 N–H and O–H groups in total. The number of rotatable bonds is 6. The number of nitrogens with zero attached hydrogens (tertiary/aromatic N) is 3. The fourth-order valence-corrected chi connectivity index (χ4v) is 4.72. The van der Waals surface area contributed by atoms with E-state index in [0.717, 1.165) is 10.7 Å². The first-order valence-electron chi connectivity index (χ1n) is 12.5. The van der Waals surface area contributed by atoms with Crippen LogP contribution in [0.3, 0.4) is 0 Å². The number of pyridine rings is 1. The number of alkyl halides is 2. The first-order valence-corrected chi connectivity index (χ1v) is 14.0. The van der Waals surface area contributed by atoms with E-state index in [9.17, 15) is 26.8 Å². The van der Waals surface area contributed by atoms with E-state index in [0.29, 0.717) is 17.9 Å². The van der Waals surface area contributed by atoms with Gasteiger partial charge in [-0.2, -0.15) is 5.10 Å². The molecule has 2 aromatic heterocycles. The molecule has 0 spiro atoms. The molecule has 0 fully saturated rings. The molecular formula is C28H32F2N4O5S. The minimum absolute atomic E-state index is 0.0635. The number of halogens is 2. The summed E-state index contributed by atoms with van der Waals surface area (Å²) in [5.74, 6) is -3.61. The lowest BCUT2D eigenvalue weighted by atomic mass is 10.1. The molecule has 214 valence electrons. The van der Waals surface area contributed by atoms with Crippen molar-refractivity contribution in [1.82, 2.24) is 20.1 Å². The van der Waals surface area contributed by atoms with Crippen molar-refractivity contribution in [2.75, 3.05) is 7.11 Å². The molecular weight excluding hydrogens is 542 g/mol. The SMILES string of the molecule is CC.CC.COC(=O)n1ncc2cc(C(=O)NCc3ccc(S(=O)(=O)c4cccc(C(C)(F)F)c4)cc3)cnc21. The molecule has 2 aromatic carbocycles. The largest absolute Gasteiger partial charge is 0.451 e. The molecule has 0 bridgehead atoms. The minimum Gasteiger partial charge on any atom is -0.451 e. The van der Waals surface area contributed by atoms with Crippen molar-refractivity contribution in [3.63, 3.8) is 0 Å². The van der Waals surface area contributed by atoms with Crippen molar-refractivity contribution in [2.24, 2.45) is 0 Å². The molecule has 4 aromatic rings. The molecule has 0 saturated carbocycles. The summed E-state index contributed by atoms with van der Waals surface area (Å²) in [7, 11) is -2.80. The third kappa shape index (κ3) is 7.26. The summed E-state index contributed by atoms with van der Waals surface area (Å²) >= 11 is 0. The molecule has 0 saturated heterocycles. The van der Waals surface area contributed by atoms with Crippen LogP contribution in [0.4, 0.5) is 13.6 Å². The molecule has 9 nitrogen and oxygen atoms in total. The number of amides is 1. The summed E-state index contributed by atoms with van der Waals surface area (Å²) in [6.07, 6.45) is 1.96. The summed E-state index contributed by atoms with van der Waals surface area (Å²) in [5.41, 5.74) is 0.694. The summed E-state index contributed by atoms with van der Waals surface area (Å²) in [4.78, 5) is 28.0. The summed E-state index contributed by atoms with van der Waals surface area (Å²) in [6, 6.07) is 11.9. The Hall–Kier alpha value is -4.19. The highest BCUT2D eigenvalue weighted by atomic mass is 32.2. The lowest BCUT2D eigenvalue weighted by Crippen LogP contribution is -2.23. The van der Waals surface area contributed by atoms with Gasteiger partial charge >= 0.3 is 6.09 Å². The number of hydrogen-bond acceptors (Lipinski definition) is 7. The first-order chi connectivity index (χ1) is 19.0. The van der Waals surface area contributed by atoms with E-state index in [4.69, 9.17) is 0 Å². The Morgan fingerprint density at radius 2 is 1.62 bits per heavy atom. The van der Waals surface area contributed by atoms with E-state index in [1.807, 2.05) is 27.7 Å². The fraction of sp³-hybridized carbons (Fsp3) is 0.286. The molecule has 0 aliphatic carbocycles. The van der Waals surface area contributed by atoms with Crippen molar-refractivity contribution in [3.05, 3.63) is 83.7 Å². The lowest BCUT2D eigenvalue weighted by molar-refractivity contribution is 0.0172. The van der Waals surface area contributed by atoms with Gasteiger partial charge in [-0.05, 0) is 35.9 Å². The van der Waals surface area contributed by atoms with Crippen LogP contribution in [0.25, 0.3) is 11.0 Å². The predicted octanol–water partition coefficient (Wildman–Crippen LogP) is 5.97. The van der Waals surface area contributed by atoms with Crippen LogP contribution >= 0.6 is 0 Å². The number of methoxy groups -OCH3 is 1. The Balaban J connectivity index is 0.00000134. The van der Waals surface area contributed by atoms with E-state index in [-0.39, 0.29) is 27.5 Å². The summed E-state index contributed by atoms with van der Waals surface area (Å²) in [6.45, 7) is 8.79.